The van der Waals surface area contributed by atoms with Crippen LogP contribution in [0.5, 0.6) is 0 Å². The van der Waals surface area contributed by atoms with Gasteiger partial charge >= 0.3 is 0 Å². The van der Waals surface area contributed by atoms with Gasteiger partial charge in [0.15, 0.2) is 5.78 Å². The molecule has 2 aliphatic carbocycles. The van der Waals surface area contributed by atoms with Crippen molar-refractivity contribution < 1.29 is 14.4 Å². The number of benzene rings is 3. The Morgan fingerprint density at radius 2 is 1.83 bits per heavy atom. The molecule has 0 saturated carbocycles. The maximum atomic E-state index is 14.4. The lowest BCUT2D eigenvalue weighted by atomic mass is 9.52. The number of carbonyl (C=O) groups excluding carboxylic acids is 3. The van der Waals surface area contributed by atoms with E-state index >= 15 is 0 Å². The number of Topliss-reactive ketones (excluding diaryl/α,β-unsaturated/α-hetero) is 1. The third kappa shape index (κ3) is 4.45. The summed E-state index contributed by atoms with van der Waals surface area (Å²) < 4.78 is 0. The standard InChI is InChI=1S/C30H22ClN3O2.C3H7NO/c1-16-6-8-18(9-7-16)27(35)26-21-12-10-17-4-2-3-5-20(17)25(21)22(15-32)28(33)30(26)23-14-19(31)11-13-24(23)34-29(30)36;1-4(2)3-5/h2-9,11,13-14,21,26,33H,10,12H2,1H3,(H,34,36);3H,1-2H3/t21-,26-,30-;/m1./s1. The number of rotatable bonds is 3. The molecule has 8 heteroatoms. The summed E-state index contributed by atoms with van der Waals surface area (Å²) in [6, 6.07) is 22.4. The minimum atomic E-state index is -1.65. The van der Waals surface area contributed by atoms with Gasteiger partial charge in [-0.2, -0.15) is 5.26 Å². The topological polar surface area (TPSA) is 114 Å². The van der Waals surface area contributed by atoms with Crippen molar-refractivity contribution in [2.75, 3.05) is 19.4 Å². The van der Waals surface area contributed by atoms with Crippen molar-refractivity contribution in [1.29, 1.82) is 10.7 Å². The molecule has 3 aromatic carbocycles. The summed E-state index contributed by atoms with van der Waals surface area (Å²) in [6.45, 7) is 1.95. The average molecular weight is 565 g/mol. The molecule has 0 radical (unpaired) electrons. The quantitative estimate of drug-likeness (QED) is 0.317. The van der Waals surface area contributed by atoms with Crippen LogP contribution in [0.4, 0.5) is 5.69 Å². The molecule has 1 aliphatic heterocycles. The number of anilines is 1. The number of nitriles is 1. The summed E-state index contributed by atoms with van der Waals surface area (Å²) in [7, 11) is 3.38. The summed E-state index contributed by atoms with van der Waals surface area (Å²) in [5.41, 5.74) is 3.57. The van der Waals surface area contributed by atoms with Gasteiger partial charge in [0.2, 0.25) is 12.3 Å². The van der Waals surface area contributed by atoms with Crippen molar-refractivity contribution in [3.05, 3.63) is 105 Å². The maximum absolute atomic E-state index is 14.4. The van der Waals surface area contributed by atoms with Gasteiger partial charge in [0.05, 0.1) is 17.2 Å². The van der Waals surface area contributed by atoms with E-state index in [-0.39, 0.29) is 17.1 Å². The van der Waals surface area contributed by atoms with Gasteiger partial charge in [0, 0.05) is 30.4 Å². The smallest absolute Gasteiger partial charge is 0.242 e. The molecule has 1 heterocycles. The molecule has 0 bridgehead atoms. The molecule has 206 valence electrons. The highest BCUT2D eigenvalue weighted by atomic mass is 35.5. The van der Waals surface area contributed by atoms with Crippen LogP contribution in [0.25, 0.3) is 5.57 Å². The highest BCUT2D eigenvalue weighted by molar-refractivity contribution is 6.35. The fraction of sp³-hybridized carbons (Fsp3) is 0.242. The molecule has 0 aromatic heterocycles. The predicted octanol–water partition coefficient (Wildman–Crippen LogP) is 5.61. The first-order valence-corrected chi connectivity index (χ1v) is 13.7. The molecule has 0 unspecified atom stereocenters. The Kier molecular flexibility index (Phi) is 7.37. The number of ketones is 1. The first-order valence-electron chi connectivity index (χ1n) is 13.3. The number of hydrogen-bond donors (Lipinski definition) is 2. The molecule has 3 aromatic rings. The second-order valence-electron chi connectivity index (χ2n) is 10.8. The van der Waals surface area contributed by atoms with E-state index in [2.05, 4.69) is 11.4 Å². The molecular formula is C33H29ClN4O3. The summed E-state index contributed by atoms with van der Waals surface area (Å²) in [6.07, 6.45) is 2.06. The van der Waals surface area contributed by atoms with E-state index in [0.29, 0.717) is 40.3 Å². The lowest BCUT2D eigenvalue weighted by Crippen LogP contribution is -2.57. The lowest BCUT2D eigenvalue weighted by Gasteiger charge is -2.47. The van der Waals surface area contributed by atoms with Crippen molar-refractivity contribution >= 4 is 46.7 Å². The number of amides is 2. The lowest BCUT2D eigenvalue weighted by molar-refractivity contribution is -0.120. The molecule has 2 amide bonds. The molecule has 6 rings (SSSR count). The number of nitrogens with one attached hydrogen (secondary N) is 2. The summed E-state index contributed by atoms with van der Waals surface area (Å²) in [5, 5.41) is 23.0. The number of aryl methyl sites for hydroxylation is 2. The normalized spacial score (nSPS) is 21.9. The molecule has 7 nitrogen and oxygen atoms in total. The SMILES string of the molecule is CN(C)C=O.Cc1ccc(C(=O)[C@H]2[C@@H]3CCc4ccccc4C3=C(C#N)C(=N)[C@]23C(=O)Nc2ccc(Cl)cc23)cc1. The van der Waals surface area contributed by atoms with Crippen molar-refractivity contribution in [2.24, 2.45) is 11.8 Å². The van der Waals surface area contributed by atoms with Crippen molar-refractivity contribution in [3.63, 3.8) is 0 Å². The molecule has 3 atom stereocenters. The van der Waals surface area contributed by atoms with Crippen LogP contribution in [0.1, 0.15) is 39.0 Å². The Bertz CT molecular complexity index is 1670. The minimum Gasteiger partial charge on any atom is -0.351 e. The zero-order valence-electron chi connectivity index (χ0n) is 23.0. The van der Waals surface area contributed by atoms with Crippen LogP contribution in [0.2, 0.25) is 5.02 Å². The van der Waals surface area contributed by atoms with E-state index in [1.807, 2.05) is 43.3 Å². The monoisotopic (exact) mass is 564 g/mol. The van der Waals surface area contributed by atoms with E-state index in [9.17, 15) is 25.1 Å². The van der Waals surface area contributed by atoms with Crippen LogP contribution in [0.3, 0.4) is 0 Å². The molecule has 0 fully saturated rings. The first-order chi connectivity index (χ1) is 19.6. The fourth-order valence-corrected chi connectivity index (χ4v) is 6.52. The maximum Gasteiger partial charge on any atom is 0.242 e. The third-order valence-electron chi connectivity index (χ3n) is 8.14. The van der Waals surface area contributed by atoms with Crippen LogP contribution in [-0.2, 0) is 21.4 Å². The number of allylic oxidation sites excluding steroid dienone is 2. The van der Waals surface area contributed by atoms with Crippen LogP contribution < -0.4 is 5.32 Å². The number of carbonyl (C=O) groups is 3. The highest BCUT2D eigenvalue weighted by Crippen LogP contribution is 2.58. The number of nitrogens with zero attached hydrogens (tertiary/aromatic N) is 2. The van der Waals surface area contributed by atoms with E-state index in [1.165, 1.54) is 4.90 Å². The predicted molar refractivity (Wildman–Crippen MR) is 159 cm³/mol. The van der Waals surface area contributed by atoms with Crippen LogP contribution in [0.15, 0.2) is 72.3 Å². The van der Waals surface area contributed by atoms with E-state index < -0.39 is 23.2 Å². The zero-order chi connectivity index (χ0) is 29.5. The third-order valence-corrected chi connectivity index (χ3v) is 8.37. The molecule has 41 heavy (non-hydrogen) atoms. The largest absolute Gasteiger partial charge is 0.351 e. The van der Waals surface area contributed by atoms with Gasteiger partial charge in [-0.25, -0.2) is 0 Å². The van der Waals surface area contributed by atoms with Gasteiger partial charge in [-0.3, -0.25) is 14.4 Å². The molecule has 3 aliphatic rings. The second kappa shape index (κ2) is 10.8. The number of fused-ring (bicyclic) bond motifs is 5. The van der Waals surface area contributed by atoms with Crippen molar-refractivity contribution in [2.45, 2.75) is 25.2 Å². The van der Waals surface area contributed by atoms with Crippen LogP contribution in [0, 0.1) is 35.5 Å². The Balaban J connectivity index is 0.000000623. The number of hydrogen-bond acceptors (Lipinski definition) is 5. The Hall–Kier alpha value is -4.54. The van der Waals surface area contributed by atoms with E-state index in [4.69, 9.17) is 11.6 Å². The van der Waals surface area contributed by atoms with Gasteiger partial charge in [-0.15, -0.1) is 0 Å². The van der Waals surface area contributed by atoms with Crippen molar-refractivity contribution in [3.8, 4) is 6.07 Å². The number of halogens is 1. The Morgan fingerprint density at radius 1 is 1.15 bits per heavy atom. The molecular weight excluding hydrogens is 536 g/mol. The van der Waals surface area contributed by atoms with E-state index in [1.54, 1.807) is 44.4 Å². The second-order valence-corrected chi connectivity index (χ2v) is 11.2. The average Bonchev–Trinajstić information content (AvgIpc) is 3.25. The summed E-state index contributed by atoms with van der Waals surface area (Å²) >= 11 is 6.39. The summed E-state index contributed by atoms with van der Waals surface area (Å²) in [4.78, 5) is 39.2. The van der Waals surface area contributed by atoms with E-state index in [0.717, 1.165) is 23.1 Å². The Morgan fingerprint density at radius 3 is 2.49 bits per heavy atom. The van der Waals surface area contributed by atoms with Crippen LogP contribution >= 0.6 is 11.6 Å². The van der Waals surface area contributed by atoms with Gasteiger partial charge in [0.1, 0.15) is 11.5 Å². The highest BCUT2D eigenvalue weighted by Gasteiger charge is 2.64. The summed E-state index contributed by atoms with van der Waals surface area (Å²) in [5.74, 6) is -1.97. The fourth-order valence-electron chi connectivity index (χ4n) is 6.34. The van der Waals surface area contributed by atoms with Crippen molar-refractivity contribution in [1.82, 2.24) is 4.90 Å². The molecule has 2 N–H and O–H groups in total. The first kappa shape index (κ1) is 28.0. The van der Waals surface area contributed by atoms with Crippen LogP contribution in [-0.4, -0.2) is 42.8 Å². The minimum absolute atomic E-state index is 0.142. The van der Waals surface area contributed by atoms with Gasteiger partial charge in [-0.1, -0.05) is 65.7 Å². The molecule has 0 saturated heterocycles. The van der Waals surface area contributed by atoms with Gasteiger partial charge < -0.3 is 15.6 Å². The van der Waals surface area contributed by atoms with Gasteiger partial charge in [-0.05, 0) is 66.1 Å². The van der Waals surface area contributed by atoms with Gasteiger partial charge in [0.25, 0.3) is 0 Å². The zero-order valence-corrected chi connectivity index (χ0v) is 23.8. The Labute approximate surface area is 243 Å². The molecule has 1 spiro atoms.